The van der Waals surface area contributed by atoms with E-state index in [4.69, 9.17) is 0 Å². The molecule has 0 spiro atoms. The third-order valence-corrected chi connectivity index (χ3v) is 6.20. The van der Waals surface area contributed by atoms with Gasteiger partial charge < -0.3 is 9.47 Å². The van der Waals surface area contributed by atoms with Gasteiger partial charge in [0.2, 0.25) is 0 Å². The second-order valence-corrected chi connectivity index (χ2v) is 8.33. The van der Waals surface area contributed by atoms with Crippen molar-refractivity contribution in [3.8, 4) is 0 Å². The first-order chi connectivity index (χ1) is 15.9. The first kappa shape index (κ1) is 24.4. The Morgan fingerprint density at radius 3 is 1.94 bits per heavy atom. The maximum Gasteiger partial charge on any atom is 0.0495 e. The lowest BCUT2D eigenvalue weighted by atomic mass is 10.0. The Hall–Kier alpha value is -3.26. The number of hydrogen-bond acceptors (Lipinski definition) is 1. The van der Waals surface area contributed by atoms with Gasteiger partial charge in [-0.05, 0) is 79.6 Å². The lowest BCUT2D eigenvalue weighted by molar-refractivity contribution is 1.01. The highest BCUT2D eigenvalue weighted by molar-refractivity contribution is 6.13. The molecule has 0 saturated heterocycles. The molecule has 5 aromatic rings. The van der Waals surface area contributed by atoms with Crippen LogP contribution in [0.4, 0.5) is 11.4 Å². The van der Waals surface area contributed by atoms with Gasteiger partial charge in [0, 0.05) is 47.3 Å². The van der Waals surface area contributed by atoms with Crippen LogP contribution >= 0.6 is 0 Å². The van der Waals surface area contributed by atoms with Crippen molar-refractivity contribution in [2.45, 2.75) is 48.5 Å². The first-order valence-electron chi connectivity index (χ1n) is 12.2. The van der Waals surface area contributed by atoms with Crippen molar-refractivity contribution in [2.75, 3.05) is 11.9 Å². The molecule has 1 aromatic heterocycles. The van der Waals surface area contributed by atoms with Gasteiger partial charge in [0.1, 0.15) is 0 Å². The highest BCUT2D eigenvalue weighted by Crippen LogP contribution is 2.35. The molecule has 0 atom stereocenters. The van der Waals surface area contributed by atoms with Gasteiger partial charge in [0.15, 0.2) is 0 Å². The van der Waals surface area contributed by atoms with Crippen LogP contribution in [-0.4, -0.2) is 11.6 Å². The minimum absolute atomic E-state index is 1.21. The number of aromatic nitrogens is 1. The van der Waals surface area contributed by atoms with Crippen molar-refractivity contribution in [3.05, 3.63) is 83.4 Å². The van der Waals surface area contributed by atoms with Crippen LogP contribution < -0.4 is 4.90 Å². The number of rotatable bonds is 2. The summed E-state index contributed by atoms with van der Waals surface area (Å²) in [6.07, 6.45) is 0. The summed E-state index contributed by atoms with van der Waals surface area (Å²) < 4.78 is 2.30. The average molecular weight is 439 g/mol. The molecule has 5 rings (SSSR count). The number of nitrogens with zero attached hydrogens (tertiary/aromatic N) is 2. The van der Waals surface area contributed by atoms with E-state index >= 15 is 0 Å². The molecule has 0 N–H and O–H groups in total. The van der Waals surface area contributed by atoms with Crippen molar-refractivity contribution >= 4 is 44.0 Å². The van der Waals surface area contributed by atoms with Gasteiger partial charge in [0.25, 0.3) is 0 Å². The fourth-order valence-electron chi connectivity index (χ4n) is 4.58. The summed E-state index contributed by atoms with van der Waals surface area (Å²) in [5, 5.41) is 5.21. The molecule has 33 heavy (non-hydrogen) atoms. The lowest BCUT2D eigenvalue weighted by Crippen LogP contribution is -2.10. The smallest absolute Gasteiger partial charge is 0.0495 e. The molecule has 4 aromatic carbocycles. The summed E-state index contributed by atoms with van der Waals surface area (Å²) in [7, 11) is 4.31. The standard InChI is InChI=1S/C27H26N2.2C2H6/c1-17-6-10-25(19(3)12-17)28(4)22-9-8-20-16-27-24(15-21(20)14-22)23-13-18(2)7-11-26(23)29(27)5;2*1-2/h6-16H,1-5H3;2*1-2H3. The van der Waals surface area contributed by atoms with Crippen molar-refractivity contribution in [1.29, 1.82) is 0 Å². The number of hydrogen-bond donors (Lipinski definition) is 0. The average Bonchev–Trinajstić information content (AvgIpc) is 3.10. The van der Waals surface area contributed by atoms with Crippen molar-refractivity contribution in [2.24, 2.45) is 7.05 Å². The molecule has 0 unspecified atom stereocenters. The maximum absolute atomic E-state index is 2.35. The maximum atomic E-state index is 2.35. The Balaban J connectivity index is 0.000000728. The zero-order chi connectivity index (χ0) is 24.3. The summed E-state index contributed by atoms with van der Waals surface area (Å²) in [6, 6.07) is 24.8. The van der Waals surface area contributed by atoms with E-state index in [1.807, 2.05) is 27.7 Å². The molecule has 0 aliphatic rings. The number of benzene rings is 4. The minimum Gasteiger partial charge on any atom is -0.344 e. The van der Waals surface area contributed by atoms with Gasteiger partial charge in [-0.1, -0.05) is 63.1 Å². The Morgan fingerprint density at radius 2 is 1.24 bits per heavy atom. The predicted octanol–water partition coefficient (Wildman–Crippen LogP) is 9.23. The van der Waals surface area contributed by atoms with E-state index in [-0.39, 0.29) is 0 Å². The molecule has 0 fully saturated rings. The molecule has 2 nitrogen and oxygen atoms in total. The van der Waals surface area contributed by atoms with Gasteiger partial charge in [-0.15, -0.1) is 0 Å². The third kappa shape index (κ3) is 4.48. The third-order valence-electron chi connectivity index (χ3n) is 6.20. The number of fused-ring (bicyclic) bond motifs is 4. The van der Waals surface area contributed by atoms with Crippen LogP contribution in [0.1, 0.15) is 44.4 Å². The number of anilines is 2. The molecule has 0 amide bonds. The SMILES string of the molecule is CC.CC.Cc1ccc(N(C)c2ccc3cc4c(cc3c2)c2cc(C)ccc2n4C)c(C)c1. The van der Waals surface area contributed by atoms with E-state index in [1.54, 1.807) is 0 Å². The summed E-state index contributed by atoms with van der Waals surface area (Å²) >= 11 is 0. The molecule has 2 heteroatoms. The zero-order valence-corrected chi connectivity index (χ0v) is 21.7. The normalized spacial score (nSPS) is 10.6. The fourth-order valence-corrected chi connectivity index (χ4v) is 4.58. The Kier molecular flexibility index (Phi) is 7.48. The molecular formula is C31H38N2. The highest BCUT2D eigenvalue weighted by Gasteiger charge is 2.12. The predicted molar refractivity (Wildman–Crippen MR) is 149 cm³/mol. The van der Waals surface area contributed by atoms with Crippen LogP contribution in [0.2, 0.25) is 0 Å². The molecule has 0 radical (unpaired) electrons. The second kappa shape index (κ2) is 10.1. The zero-order valence-electron chi connectivity index (χ0n) is 21.7. The molecule has 1 heterocycles. The quantitative estimate of drug-likeness (QED) is 0.267. The molecule has 0 saturated carbocycles. The monoisotopic (exact) mass is 438 g/mol. The summed E-state index contributed by atoms with van der Waals surface area (Å²) in [4.78, 5) is 2.28. The minimum atomic E-state index is 1.21. The Morgan fingerprint density at radius 1 is 0.606 bits per heavy atom. The van der Waals surface area contributed by atoms with Gasteiger partial charge in [-0.2, -0.15) is 0 Å². The topological polar surface area (TPSA) is 8.17 Å². The van der Waals surface area contributed by atoms with Crippen LogP contribution in [0, 0.1) is 20.8 Å². The van der Waals surface area contributed by atoms with Crippen molar-refractivity contribution < 1.29 is 0 Å². The van der Waals surface area contributed by atoms with E-state index in [9.17, 15) is 0 Å². The van der Waals surface area contributed by atoms with Crippen LogP contribution in [0.5, 0.6) is 0 Å². The fraction of sp³-hybridized carbons (Fsp3) is 0.290. The molecule has 0 bridgehead atoms. The largest absolute Gasteiger partial charge is 0.344 e. The molecule has 172 valence electrons. The van der Waals surface area contributed by atoms with Crippen LogP contribution in [-0.2, 0) is 7.05 Å². The summed E-state index contributed by atoms with van der Waals surface area (Å²) in [5.74, 6) is 0. The molecule has 0 aliphatic heterocycles. The van der Waals surface area contributed by atoms with Gasteiger partial charge in [-0.25, -0.2) is 0 Å². The van der Waals surface area contributed by atoms with Gasteiger partial charge in [0.05, 0.1) is 0 Å². The van der Waals surface area contributed by atoms with Crippen LogP contribution in [0.15, 0.2) is 66.7 Å². The van der Waals surface area contributed by atoms with E-state index in [2.05, 4.69) is 111 Å². The van der Waals surface area contributed by atoms with Crippen LogP contribution in [0.3, 0.4) is 0 Å². The summed E-state index contributed by atoms with van der Waals surface area (Å²) in [6.45, 7) is 14.5. The van der Waals surface area contributed by atoms with E-state index in [1.165, 1.54) is 60.6 Å². The summed E-state index contributed by atoms with van der Waals surface area (Å²) in [5.41, 5.74) is 8.92. The second-order valence-electron chi connectivity index (χ2n) is 8.33. The van der Waals surface area contributed by atoms with E-state index < -0.39 is 0 Å². The van der Waals surface area contributed by atoms with Gasteiger partial charge >= 0.3 is 0 Å². The molecular weight excluding hydrogens is 400 g/mol. The highest BCUT2D eigenvalue weighted by atomic mass is 15.1. The first-order valence-corrected chi connectivity index (χ1v) is 12.2. The number of aryl methyl sites for hydroxylation is 4. The van der Waals surface area contributed by atoms with E-state index in [0.29, 0.717) is 0 Å². The van der Waals surface area contributed by atoms with Crippen molar-refractivity contribution in [3.63, 3.8) is 0 Å². The van der Waals surface area contributed by atoms with Gasteiger partial charge in [-0.3, -0.25) is 0 Å². The Labute approximate surface area is 199 Å². The Bertz CT molecular complexity index is 1410. The van der Waals surface area contributed by atoms with E-state index in [0.717, 1.165) is 0 Å². The lowest BCUT2D eigenvalue weighted by Gasteiger charge is -2.22. The molecule has 0 aliphatic carbocycles. The van der Waals surface area contributed by atoms with Crippen LogP contribution in [0.25, 0.3) is 32.6 Å². The van der Waals surface area contributed by atoms with Crippen molar-refractivity contribution in [1.82, 2.24) is 4.57 Å².